The number of phosphoric ester groups is 1. The Morgan fingerprint density at radius 1 is 0.455 bits per heavy atom. The molecule has 0 aliphatic heterocycles. The third-order valence-electron chi connectivity index (χ3n) is 14.7. The molecule has 3 atom stereocenters. The Bertz CT molecular complexity index is 1460. The van der Waals surface area contributed by atoms with Gasteiger partial charge in [0.25, 0.3) is 0 Å². The lowest BCUT2D eigenvalue weighted by Gasteiger charge is -2.27. The van der Waals surface area contributed by atoms with Crippen molar-refractivity contribution in [3.8, 4) is 0 Å². The van der Waals surface area contributed by atoms with Crippen molar-refractivity contribution < 1.29 is 37.3 Å². The number of amides is 1. The monoisotopic (exact) mass is 1100 g/mol. The Morgan fingerprint density at radius 2 is 0.792 bits per heavy atom. The van der Waals surface area contributed by atoms with Gasteiger partial charge in [-0.15, -0.1) is 0 Å². The molecule has 0 aliphatic rings. The first kappa shape index (κ1) is 75.0. The number of carbonyl (C=O) groups is 2. The highest BCUT2D eigenvalue weighted by molar-refractivity contribution is 7.47. The van der Waals surface area contributed by atoms with Gasteiger partial charge < -0.3 is 19.4 Å². The van der Waals surface area contributed by atoms with Crippen LogP contribution in [0.25, 0.3) is 0 Å². The summed E-state index contributed by atoms with van der Waals surface area (Å²) in [4.78, 5) is 37.7. The molecule has 0 heterocycles. The van der Waals surface area contributed by atoms with Crippen LogP contribution in [0.4, 0.5) is 0 Å². The number of quaternary nitrogens is 1. The lowest BCUT2D eigenvalue weighted by Crippen LogP contribution is -2.47. The van der Waals surface area contributed by atoms with Gasteiger partial charge in [0, 0.05) is 12.8 Å². The number of ether oxygens (including phenoxy) is 1. The zero-order chi connectivity index (χ0) is 56.4. The molecule has 0 saturated heterocycles. The zero-order valence-corrected chi connectivity index (χ0v) is 52.6. The van der Waals surface area contributed by atoms with Crippen molar-refractivity contribution in [3.05, 3.63) is 48.6 Å². The van der Waals surface area contributed by atoms with Gasteiger partial charge in [-0.2, -0.15) is 0 Å². The SMILES string of the molecule is CCCCC/C=C\C/C=C\CCCCCCCCCCCCCCCCCC(=O)OC(/C=C\CCCCCCCCCCC)C(COP(=O)(O)OCC[N+](C)(C)C)NC(=O)CCCCCCCCC/C=C\CCCCCC. The fourth-order valence-electron chi connectivity index (χ4n) is 9.61. The Balaban J connectivity index is 5.04. The van der Waals surface area contributed by atoms with Crippen LogP contribution in [0.5, 0.6) is 0 Å². The van der Waals surface area contributed by atoms with Crippen molar-refractivity contribution in [3.63, 3.8) is 0 Å². The molecular formula is C67H128N2O7P+. The van der Waals surface area contributed by atoms with Crippen LogP contribution in [0.2, 0.25) is 0 Å². The number of carbonyl (C=O) groups excluding carboxylic acids is 2. The number of allylic oxidation sites excluding steroid dienone is 7. The molecule has 0 aliphatic carbocycles. The second-order valence-corrected chi connectivity index (χ2v) is 25.1. The molecular weight excluding hydrogens is 976 g/mol. The van der Waals surface area contributed by atoms with Gasteiger partial charge in [-0.05, 0) is 89.5 Å². The second kappa shape index (κ2) is 57.2. The summed E-state index contributed by atoms with van der Waals surface area (Å²) in [5.74, 6) is -0.500. The molecule has 0 radical (unpaired) electrons. The van der Waals surface area contributed by atoms with Gasteiger partial charge >= 0.3 is 13.8 Å². The van der Waals surface area contributed by atoms with Gasteiger partial charge in [0.1, 0.15) is 19.3 Å². The molecule has 0 fully saturated rings. The van der Waals surface area contributed by atoms with Crippen LogP contribution in [-0.2, 0) is 27.9 Å². The van der Waals surface area contributed by atoms with E-state index in [0.717, 1.165) is 77.0 Å². The quantitative estimate of drug-likeness (QED) is 0.0205. The molecule has 0 spiro atoms. The number of phosphoric acid groups is 1. The van der Waals surface area contributed by atoms with Gasteiger partial charge in [-0.3, -0.25) is 18.6 Å². The minimum absolute atomic E-state index is 0.0405. The third kappa shape index (κ3) is 58.4. The molecule has 2 N–H and O–H groups in total. The normalized spacial score (nSPS) is 13.9. The number of nitrogens with zero attached hydrogens (tertiary/aromatic N) is 1. The van der Waals surface area contributed by atoms with Crippen LogP contribution in [-0.4, -0.2) is 74.3 Å². The van der Waals surface area contributed by atoms with Gasteiger partial charge in [0.15, 0.2) is 0 Å². The predicted octanol–water partition coefficient (Wildman–Crippen LogP) is 20.5. The third-order valence-corrected chi connectivity index (χ3v) is 15.7. The standard InChI is InChI=1S/C67H127N2O7P/c1-7-10-13-16-19-22-25-27-29-30-31-32-33-34-35-36-37-38-40-42-45-48-51-54-57-60-67(71)76-65(58-55-52-49-46-43-24-21-18-15-12-9-3)64(63-75-77(72,73)74-62-61-69(4,5)6)68-66(70)59-56-53-50-47-44-41-39-28-26-23-20-17-14-11-8-2/h19,22-23,26-27,29,55,58,64-65H,7-18,20-21,24-25,28,30-54,56-57,59-63H2,1-6H3,(H-,68,70,72,73)/p+1/b22-19-,26-23-,29-27-,58-55-. The lowest BCUT2D eigenvalue weighted by molar-refractivity contribution is -0.870. The number of esters is 1. The largest absolute Gasteiger partial charge is 0.472 e. The van der Waals surface area contributed by atoms with Crippen LogP contribution in [0.1, 0.15) is 316 Å². The first-order valence-electron chi connectivity index (χ1n) is 33.0. The van der Waals surface area contributed by atoms with E-state index < -0.39 is 20.0 Å². The average molecular weight is 1100 g/mol. The first-order valence-corrected chi connectivity index (χ1v) is 34.5. The maximum atomic E-state index is 13.5. The van der Waals surface area contributed by atoms with Gasteiger partial charge in [0.05, 0.1) is 33.8 Å². The second-order valence-electron chi connectivity index (χ2n) is 23.6. The molecule has 9 nitrogen and oxygen atoms in total. The van der Waals surface area contributed by atoms with E-state index in [1.807, 2.05) is 33.3 Å². The highest BCUT2D eigenvalue weighted by atomic mass is 31.2. The van der Waals surface area contributed by atoms with E-state index in [-0.39, 0.29) is 25.1 Å². The molecule has 3 unspecified atom stereocenters. The van der Waals surface area contributed by atoms with Crippen molar-refractivity contribution in [1.82, 2.24) is 5.32 Å². The Labute approximate surface area is 478 Å². The smallest absolute Gasteiger partial charge is 0.456 e. The summed E-state index contributed by atoms with van der Waals surface area (Å²) in [7, 11) is 1.50. The Hall–Kier alpha value is -2.03. The van der Waals surface area contributed by atoms with E-state index in [0.29, 0.717) is 23.9 Å². The van der Waals surface area contributed by atoms with Crippen LogP contribution in [0.3, 0.4) is 0 Å². The topological polar surface area (TPSA) is 111 Å². The molecule has 0 aromatic heterocycles. The number of likely N-dealkylation sites (N-methyl/N-ethyl adjacent to an activating group) is 1. The highest BCUT2D eigenvalue weighted by Gasteiger charge is 2.30. The summed E-state index contributed by atoms with van der Waals surface area (Å²) < 4.78 is 30.7. The fraction of sp³-hybridized carbons (Fsp3) is 0.851. The first-order chi connectivity index (χ1) is 37.4. The summed E-state index contributed by atoms with van der Waals surface area (Å²) in [6, 6.07) is -0.848. The number of nitrogens with one attached hydrogen (secondary N) is 1. The Kier molecular flexibility index (Phi) is 55.7. The molecule has 1 amide bonds. The molecule has 77 heavy (non-hydrogen) atoms. The summed E-state index contributed by atoms with van der Waals surface area (Å²) in [5.41, 5.74) is 0. The van der Waals surface area contributed by atoms with E-state index in [9.17, 15) is 19.0 Å². The van der Waals surface area contributed by atoms with E-state index >= 15 is 0 Å². The van der Waals surface area contributed by atoms with Crippen LogP contribution in [0, 0.1) is 0 Å². The molecule has 452 valence electrons. The molecule has 10 heteroatoms. The van der Waals surface area contributed by atoms with Crippen molar-refractivity contribution in [2.45, 2.75) is 328 Å². The minimum atomic E-state index is -4.45. The fourth-order valence-corrected chi connectivity index (χ4v) is 10.3. The predicted molar refractivity (Wildman–Crippen MR) is 332 cm³/mol. The molecule has 0 saturated carbocycles. The van der Waals surface area contributed by atoms with E-state index in [2.05, 4.69) is 62.5 Å². The molecule has 0 rings (SSSR count). The molecule has 0 aromatic carbocycles. The maximum Gasteiger partial charge on any atom is 0.472 e. The summed E-state index contributed by atoms with van der Waals surface area (Å²) in [6.45, 7) is 7.00. The number of unbranched alkanes of at least 4 members (excludes halogenated alkanes) is 38. The van der Waals surface area contributed by atoms with Crippen LogP contribution in [0.15, 0.2) is 48.6 Å². The molecule has 0 aromatic rings. The van der Waals surface area contributed by atoms with Gasteiger partial charge in [0.2, 0.25) is 5.91 Å². The van der Waals surface area contributed by atoms with Crippen molar-refractivity contribution >= 4 is 19.7 Å². The van der Waals surface area contributed by atoms with Crippen molar-refractivity contribution in [1.29, 1.82) is 0 Å². The highest BCUT2D eigenvalue weighted by Crippen LogP contribution is 2.43. The zero-order valence-electron chi connectivity index (χ0n) is 51.7. The lowest BCUT2D eigenvalue weighted by atomic mass is 10.0. The Morgan fingerprint density at radius 3 is 1.22 bits per heavy atom. The van der Waals surface area contributed by atoms with E-state index in [1.165, 1.54) is 205 Å². The van der Waals surface area contributed by atoms with Crippen molar-refractivity contribution in [2.75, 3.05) is 40.9 Å². The average Bonchev–Trinajstić information content (AvgIpc) is 3.39. The van der Waals surface area contributed by atoms with Gasteiger partial charge in [-0.25, -0.2) is 4.57 Å². The van der Waals surface area contributed by atoms with E-state index in [1.54, 1.807) is 0 Å². The maximum absolute atomic E-state index is 13.5. The molecule has 0 bridgehead atoms. The summed E-state index contributed by atoms with van der Waals surface area (Å²) in [5, 5.41) is 3.06. The summed E-state index contributed by atoms with van der Waals surface area (Å²) >= 11 is 0. The van der Waals surface area contributed by atoms with Crippen LogP contribution < -0.4 is 5.32 Å². The van der Waals surface area contributed by atoms with Gasteiger partial charge in [-0.1, -0.05) is 262 Å². The van der Waals surface area contributed by atoms with Crippen molar-refractivity contribution in [2.24, 2.45) is 0 Å². The number of hydrogen-bond donors (Lipinski definition) is 2. The van der Waals surface area contributed by atoms with Crippen LogP contribution >= 0.6 is 7.82 Å². The number of hydrogen-bond acceptors (Lipinski definition) is 6. The minimum Gasteiger partial charge on any atom is -0.456 e. The van der Waals surface area contributed by atoms with E-state index in [4.69, 9.17) is 13.8 Å². The summed E-state index contributed by atoms with van der Waals surface area (Å²) in [6.07, 6.45) is 71.2. The number of rotatable bonds is 60.